The van der Waals surface area contributed by atoms with Crippen LogP contribution in [-0.4, -0.2) is 64.7 Å². The standard InChI is InChI=1S/C25H37NO8/c1-16(2)15-31-21-17(3)32-22(27)19(26(23(28)29)24(30)34-25(4,5)6)13-10-14-20(21)33-18-11-8-7-9-12-18/h7-9,11-12,16-17,19-21H,10,13-15H2,1-6H3,(H,28,29)/t17-,19-,20-,21-/m0/s1. The molecule has 0 radical (unpaired) electrons. The number of hydrogen-bond donors (Lipinski definition) is 1. The number of cyclic esters (lactones) is 1. The van der Waals surface area contributed by atoms with E-state index in [0.717, 1.165) is 0 Å². The average molecular weight is 480 g/mol. The van der Waals surface area contributed by atoms with Crippen LogP contribution in [0.15, 0.2) is 30.3 Å². The second-order valence-electron chi connectivity index (χ2n) is 9.88. The minimum absolute atomic E-state index is 0.0721. The highest BCUT2D eigenvalue weighted by atomic mass is 16.6. The number of nitrogens with zero attached hydrogens (tertiary/aromatic N) is 1. The van der Waals surface area contributed by atoms with E-state index >= 15 is 0 Å². The summed E-state index contributed by atoms with van der Waals surface area (Å²) in [4.78, 5) is 38.1. The van der Waals surface area contributed by atoms with Gasteiger partial charge < -0.3 is 24.1 Å². The lowest BCUT2D eigenvalue weighted by Gasteiger charge is -2.32. The Kier molecular flexibility index (Phi) is 9.73. The van der Waals surface area contributed by atoms with E-state index in [4.69, 9.17) is 18.9 Å². The van der Waals surface area contributed by atoms with Gasteiger partial charge in [-0.25, -0.2) is 14.4 Å². The van der Waals surface area contributed by atoms with Crippen LogP contribution in [0.25, 0.3) is 0 Å². The number of carboxylic acid groups (broad SMARTS) is 1. The summed E-state index contributed by atoms with van der Waals surface area (Å²) < 4.78 is 23.2. The van der Waals surface area contributed by atoms with Crippen molar-refractivity contribution in [3.05, 3.63) is 30.3 Å². The Morgan fingerprint density at radius 2 is 1.82 bits per heavy atom. The van der Waals surface area contributed by atoms with Gasteiger partial charge in [0.1, 0.15) is 35.7 Å². The number of carbonyl (C=O) groups excluding carboxylic acids is 2. The van der Waals surface area contributed by atoms with Crippen LogP contribution in [0.5, 0.6) is 5.75 Å². The molecule has 1 saturated heterocycles. The van der Waals surface area contributed by atoms with Gasteiger partial charge in [0.2, 0.25) is 0 Å². The first kappa shape index (κ1) is 27.4. The van der Waals surface area contributed by atoms with Gasteiger partial charge in [-0.15, -0.1) is 0 Å². The molecule has 1 aliphatic rings. The summed E-state index contributed by atoms with van der Waals surface area (Å²) in [6, 6.07) is 7.94. The maximum absolute atomic E-state index is 13.1. The Hall–Kier alpha value is -2.81. The molecule has 0 aromatic heterocycles. The van der Waals surface area contributed by atoms with Crippen molar-refractivity contribution in [2.45, 2.75) is 90.8 Å². The van der Waals surface area contributed by atoms with E-state index in [1.54, 1.807) is 27.7 Å². The molecule has 0 spiro atoms. The molecule has 4 atom stereocenters. The number of rotatable bonds is 6. The highest BCUT2D eigenvalue weighted by Crippen LogP contribution is 2.26. The number of amides is 2. The number of carbonyl (C=O) groups is 3. The lowest BCUT2D eigenvalue weighted by molar-refractivity contribution is -0.166. The van der Waals surface area contributed by atoms with Crippen LogP contribution >= 0.6 is 0 Å². The smallest absolute Gasteiger partial charge is 0.420 e. The van der Waals surface area contributed by atoms with Crippen LogP contribution in [0.1, 0.15) is 60.8 Å². The third-order valence-electron chi connectivity index (χ3n) is 5.13. The van der Waals surface area contributed by atoms with E-state index < -0.39 is 48.1 Å². The third kappa shape index (κ3) is 8.20. The molecule has 0 unspecified atom stereocenters. The number of ether oxygens (including phenoxy) is 4. The second-order valence-corrected chi connectivity index (χ2v) is 9.88. The van der Waals surface area contributed by atoms with Crippen molar-refractivity contribution >= 4 is 18.2 Å². The Bertz CT molecular complexity index is 820. The zero-order valence-corrected chi connectivity index (χ0v) is 20.9. The zero-order chi connectivity index (χ0) is 25.5. The molecule has 190 valence electrons. The quantitative estimate of drug-likeness (QED) is 0.575. The molecule has 2 amide bonds. The van der Waals surface area contributed by atoms with Gasteiger partial charge in [0.15, 0.2) is 0 Å². The molecule has 9 heteroatoms. The second kappa shape index (κ2) is 12.1. The Balaban J connectivity index is 2.31. The van der Waals surface area contributed by atoms with Crippen LogP contribution in [0.4, 0.5) is 9.59 Å². The maximum atomic E-state index is 13.1. The van der Waals surface area contributed by atoms with Gasteiger partial charge in [-0.2, -0.15) is 4.90 Å². The van der Waals surface area contributed by atoms with Crippen LogP contribution in [0.2, 0.25) is 0 Å². The Labute approximate surface area is 201 Å². The predicted molar refractivity (Wildman–Crippen MR) is 125 cm³/mol. The summed E-state index contributed by atoms with van der Waals surface area (Å²) in [7, 11) is 0. The van der Waals surface area contributed by atoms with Crippen molar-refractivity contribution < 1.29 is 38.4 Å². The number of para-hydroxylation sites is 1. The molecule has 1 aromatic carbocycles. The first-order valence-corrected chi connectivity index (χ1v) is 11.7. The van der Waals surface area contributed by atoms with E-state index in [-0.39, 0.29) is 12.3 Å². The van der Waals surface area contributed by atoms with Gasteiger partial charge >= 0.3 is 18.2 Å². The fraction of sp³-hybridized carbons (Fsp3) is 0.640. The van der Waals surface area contributed by atoms with Crippen molar-refractivity contribution in [3.63, 3.8) is 0 Å². The van der Waals surface area contributed by atoms with E-state index in [0.29, 0.717) is 30.1 Å². The molecular weight excluding hydrogens is 442 g/mol. The summed E-state index contributed by atoms with van der Waals surface area (Å²) in [5.74, 6) is 0.0791. The Morgan fingerprint density at radius 3 is 2.38 bits per heavy atom. The highest BCUT2D eigenvalue weighted by molar-refractivity contribution is 5.93. The van der Waals surface area contributed by atoms with Gasteiger partial charge in [0.05, 0.1) is 0 Å². The number of benzene rings is 1. The van der Waals surface area contributed by atoms with E-state index in [2.05, 4.69) is 0 Å². The molecule has 1 aliphatic heterocycles. The van der Waals surface area contributed by atoms with Crippen molar-refractivity contribution in [2.24, 2.45) is 5.92 Å². The van der Waals surface area contributed by atoms with Crippen molar-refractivity contribution in [1.29, 1.82) is 0 Å². The SMILES string of the molecule is CC(C)CO[C@H]1[C@H](C)OC(=O)[C@@H](N(C(=O)O)C(=O)OC(C)(C)C)CCC[C@@H]1Oc1ccccc1. The predicted octanol–water partition coefficient (Wildman–Crippen LogP) is 4.87. The minimum atomic E-state index is -1.58. The summed E-state index contributed by atoms with van der Waals surface area (Å²) in [6.45, 7) is 11.0. The molecule has 34 heavy (non-hydrogen) atoms. The summed E-state index contributed by atoms with van der Waals surface area (Å²) in [5, 5.41) is 9.72. The molecule has 2 rings (SSSR count). The number of hydrogen-bond acceptors (Lipinski definition) is 7. The van der Waals surface area contributed by atoms with Crippen LogP contribution in [-0.2, 0) is 19.0 Å². The molecular formula is C25H37NO8. The number of imide groups is 1. The molecule has 0 bridgehead atoms. The van der Waals surface area contributed by atoms with Gasteiger partial charge in [-0.1, -0.05) is 32.0 Å². The summed E-state index contributed by atoms with van der Waals surface area (Å²) in [5.41, 5.74) is -0.926. The largest absolute Gasteiger partial charge is 0.488 e. The van der Waals surface area contributed by atoms with Gasteiger partial charge in [-0.05, 0) is 65.0 Å². The van der Waals surface area contributed by atoms with Gasteiger partial charge in [0, 0.05) is 6.61 Å². The van der Waals surface area contributed by atoms with E-state index in [1.807, 2.05) is 44.2 Å². The van der Waals surface area contributed by atoms with E-state index in [9.17, 15) is 19.5 Å². The summed E-state index contributed by atoms with van der Waals surface area (Å²) in [6.07, 6.45) is -3.51. The van der Waals surface area contributed by atoms with Crippen LogP contribution < -0.4 is 4.74 Å². The molecule has 1 heterocycles. The van der Waals surface area contributed by atoms with Crippen molar-refractivity contribution in [2.75, 3.05) is 6.61 Å². The molecule has 0 saturated carbocycles. The van der Waals surface area contributed by atoms with Crippen molar-refractivity contribution in [1.82, 2.24) is 4.90 Å². The molecule has 0 aliphatic carbocycles. The number of esters is 1. The van der Waals surface area contributed by atoms with Crippen molar-refractivity contribution in [3.8, 4) is 5.75 Å². The summed E-state index contributed by atoms with van der Waals surface area (Å²) >= 11 is 0. The van der Waals surface area contributed by atoms with Gasteiger partial charge in [-0.3, -0.25) is 0 Å². The maximum Gasteiger partial charge on any atom is 0.420 e. The topological polar surface area (TPSA) is 112 Å². The average Bonchev–Trinajstić information content (AvgIpc) is 2.75. The first-order valence-electron chi connectivity index (χ1n) is 11.7. The first-order chi connectivity index (χ1) is 15.9. The fourth-order valence-corrected chi connectivity index (χ4v) is 3.66. The molecule has 1 aromatic rings. The highest BCUT2D eigenvalue weighted by Gasteiger charge is 2.42. The lowest BCUT2D eigenvalue weighted by atomic mass is 10.0. The molecule has 1 N–H and O–H groups in total. The van der Waals surface area contributed by atoms with Crippen LogP contribution in [0.3, 0.4) is 0 Å². The minimum Gasteiger partial charge on any atom is -0.488 e. The lowest BCUT2D eigenvalue weighted by Crippen LogP contribution is -2.51. The van der Waals surface area contributed by atoms with E-state index in [1.165, 1.54) is 0 Å². The monoisotopic (exact) mass is 479 g/mol. The zero-order valence-electron chi connectivity index (χ0n) is 20.9. The molecule has 1 fully saturated rings. The fourth-order valence-electron chi connectivity index (χ4n) is 3.66. The normalized spacial score (nSPS) is 23.8. The van der Waals surface area contributed by atoms with Crippen LogP contribution in [0, 0.1) is 5.92 Å². The Morgan fingerprint density at radius 1 is 1.18 bits per heavy atom. The molecule has 9 nitrogen and oxygen atoms in total. The third-order valence-corrected chi connectivity index (χ3v) is 5.13. The van der Waals surface area contributed by atoms with Gasteiger partial charge in [0.25, 0.3) is 0 Å².